The molecular weight excluding hydrogens is 513 g/mol. The molecular formula is C27H25Cl2N5O3. The lowest BCUT2D eigenvalue weighted by atomic mass is 9.82. The number of hydrogen-bond donors (Lipinski definition) is 3. The minimum absolute atomic E-state index is 0.00195. The summed E-state index contributed by atoms with van der Waals surface area (Å²) in [5.41, 5.74) is 3.46. The highest BCUT2D eigenvalue weighted by Gasteiger charge is 2.27. The lowest BCUT2D eigenvalue weighted by Gasteiger charge is -2.25. The Kier molecular flexibility index (Phi) is 6.95. The number of hydrogen-bond acceptors (Lipinski definition) is 4. The Morgan fingerprint density at radius 1 is 1.08 bits per heavy atom. The summed E-state index contributed by atoms with van der Waals surface area (Å²) in [6, 6.07) is 14.9. The number of aromatic hydroxyl groups is 1. The predicted molar refractivity (Wildman–Crippen MR) is 143 cm³/mol. The largest absolute Gasteiger partial charge is 0.507 e. The number of amides is 2. The van der Waals surface area contributed by atoms with Gasteiger partial charge in [0.05, 0.1) is 21.4 Å². The van der Waals surface area contributed by atoms with E-state index in [0.29, 0.717) is 32.7 Å². The van der Waals surface area contributed by atoms with Gasteiger partial charge in [0.2, 0.25) is 0 Å². The van der Waals surface area contributed by atoms with Crippen LogP contribution in [0.1, 0.15) is 46.9 Å². The van der Waals surface area contributed by atoms with Gasteiger partial charge in [-0.3, -0.25) is 4.79 Å². The number of carbonyl (C=O) groups is 2. The molecule has 0 unspecified atom stereocenters. The molecule has 0 spiro atoms. The molecule has 0 aliphatic heterocycles. The van der Waals surface area contributed by atoms with Crippen molar-refractivity contribution < 1.29 is 14.7 Å². The van der Waals surface area contributed by atoms with Crippen molar-refractivity contribution in [3.63, 3.8) is 0 Å². The van der Waals surface area contributed by atoms with Gasteiger partial charge in [-0.05, 0) is 66.9 Å². The number of phenols is 1. The Morgan fingerprint density at radius 3 is 2.57 bits per heavy atom. The molecule has 2 aromatic heterocycles. The first-order chi connectivity index (χ1) is 17.8. The molecule has 2 heterocycles. The number of halogens is 2. The fraction of sp³-hybridized carbons (Fsp3) is 0.222. The van der Waals surface area contributed by atoms with E-state index in [2.05, 4.69) is 15.7 Å². The molecule has 1 aliphatic carbocycles. The molecule has 10 heteroatoms. The average Bonchev–Trinajstić information content (AvgIpc) is 3.46. The van der Waals surface area contributed by atoms with Gasteiger partial charge in [0.25, 0.3) is 5.91 Å². The molecule has 5 rings (SSSR count). The summed E-state index contributed by atoms with van der Waals surface area (Å²) < 4.78 is 3.09. The van der Waals surface area contributed by atoms with Crippen LogP contribution >= 0.6 is 23.2 Å². The zero-order valence-corrected chi connectivity index (χ0v) is 21.6. The second-order valence-electron chi connectivity index (χ2n) is 9.09. The Morgan fingerprint density at radius 2 is 1.89 bits per heavy atom. The number of rotatable bonds is 6. The van der Waals surface area contributed by atoms with Gasteiger partial charge in [-0.25, -0.2) is 4.79 Å². The fourth-order valence-corrected chi connectivity index (χ4v) is 4.62. The van der Waals surface area contributed by atoms with Crippen molar-refractivity contribution in [1.82, 2.24) is 19.7 Å². The molecule has 1 saturated carbocycles. The number of nitrogens with zero attached hydrogens (tertiary/aromatic N) is 3. The molecule has 0 radical (unpaired) electrons. The van der Waals surface area contributed by atoms with E-state index in [4.69, 9.17) is 23.2 Å². The highest BCUT2D eigenvalue weighted by Crippen LogP contribution is 2.39. The minimum atomic E-state index is -0.383. The number of aromatic nitrogens is 3. The van der Waals surface area contributed by atoms with Crippen LogP contribution in [0.3, 0.4) is 0 Å². The molecule has 190 valence electrons. The quantitative estimate of drug-likeness (QED) is 0.255. The van der Waals surface area contributed by atoms with E-state index in [1.165, 1.54) is 10.7 Å². The Labute approximate surface area is 223 Å². The maximum absolute atomic E-state index is 13.1. The number of aryl methyl sites for hydroxylation is 1. The second-order valence-corrected chi connectivity index (χ2v) is 9.91. The third kappa shape index (κ3) is 5.21. The summed E-state index contributed by atoms with van der Waals surface area (Å²) in [6.45, 7) is 0.251. The summed E-state index contributed by atoms with van der Waals surface area (Å²) in [4.78, 5) is 25.8. The van der Waals surface area contributed by atoms with Crippen molar-refractivity contribution in [2.45, 2.75) is 31.7 Å². The van der Waals surface area contributed by atoms with Gasteiger partial charge in [-0.2, -0.15) is 9.78 Å². The second kappa shape index (κ2) is 10.3. The number of benzene rings is 2. The van der Waals surface area contributed by atoms with Crippen molar-refractivity contribution in [3.05, 3.63) is 87.8 Å². The third-order valence-electron chi connectivity index (χ3n) is 6.59. The summed E-state index contributed by atoms with van der Waals surface area (Å²) in [5, 5.41) is 21.8. The van der Waals surface area contributed by atoms with Gasteiger partial charge < -0.3 is 20.3 Å². The van der Waals surface area contributed by atoms with Crippen LogP contribution in [0.2, 0.25) is 10.0 Å². The van der Waals surface area contributed by atoms with Crippen LogP contribution in [0.4, 0.5) is 10.5 Å². The normalized spacial score (nSPS) is 13.3. The van der Waals surface area contributed by atoms with E-state index in [1.807, 2.05) is 6.07 Å². The van der Waals surface area contributed by atoms with E-state index in [0.717, 1.165) is 30.5 Å². The van der Waals surface area contributed by atoms with Gasteiger partial charge in [-0.15, -0.1) is 0 Å². The standard InChI is InChI=1S/C27H25Cl2N5O3/c1-33-11-3-6-23(33)26(36)31-18-8-10-25(35)19(13-18)22-14-24(17-4-2-5-17)34(32-22)27(37)30-15-16-7-9-20(28)21(29)12-16/h3,6-14,17,35H,2,4-5,15H2,1H3,(H,30,37)(H,31,36). The van der Waals surface area contributed by atoms with Crippen LogP contribution in [-0.2, 0) is 13.6 Å². The maximum atomic E-state index is 13.1. The van der Waals surface area contributed by atoms with Gasteiger partial charge in [0, 0.05) is 37.0 Å². The summed E-state index contributed by atoms with van der Waals surface area (Å²) >= 11 is 12.1. The zero-order chi connectivity index (χ0) is 26.1. The minimum Gasteiger partial charge on any atom is -0.507 e. The van der Waals surface area contributed by atoms with E-state index in [9.17, 15) is 14.7 Å². The molecule has 4 aromatic rings. The molecule has 2 aromatic carbocycles. The fourth-order valence-electron chi connectivity index (χ4n) is 4.30. The van der Waals surface area contributed by atoms with Crippen molar-refractivity contribution in [2.75, 3.05) is 5.32 Å². The SMILES string of the molecule is Cn1cccc1C(=O)Nc1ccc(O)c(-c2cc(C3CCC3)n(C(=O)NCc3ccc(Cl)c(Cl)c3)n2)c1. The molecule has 37 heavy (non-hydrogen) atoms. The van der Waals surface area contributed by atoms with Crippen LogP contribution in [0.25, 0.3) is 11.3 Å². The molecule has 1 aliphatic rings. The summed E-state index contributed by atoms with van der Waals surface area (Å²) in [5.74, 6) is -0.0660. The van der Waals surface area contributed by atoms with Crippen LogP contribution in [0.15, 0.2) is 60.8 Å². The number of carbonyl (C=O) groups excluding carboxylic acids is 2. The first-order valence-corrected chi connectivity index (χ1v) is 12.6. The Balaban J connectivity index is 1.40. The predicted octanol–water partition coefficient (Wildman–Crippen LogP) is 6.18. The van der Waals surface area contributed by atoms with Crippen LogP contribution < -0.4 is 10.6 Å². The van der Waals surface area contributed by atoms with Gasteiger partial charge in [-0.1, -0.05) is 35.7 Å². The first kappa shape index (κ1) is 24.9. The van der Waals surface area contributed by atoms with E-state index in [1.54, 1.807) is 60.3 Å². The summed E-state index contributed by atoms with van der Waals surface area (Å²) in [7, 11) is 1.79. The Hall–Kier alpha value is -3.75. The van der Waals surface area contributed by atoms with Gasteiger partial charge in [0.1, 0.15) is 11.4 Å². The van der Waals surface area contributed by atoms with Crippen LogP contribution in [-0.4, -0.2) is 31.4 Å². The molecule has 2 amide bonds. The molecule has 0 atom stereocenters. The first-order valence-electron chi connectivity index (χ1n) is 11.9. The van der Waals surface area contributed by atoms with Gasteiger partial charge >= 0.3 is 6.03 Å². The van der Waals surface area contributed by atoms with E-state index >= 15 is 0 Å². The molecule has 3 N–H and O–H groups in total. The van der Waals surface area contributed by atoms with E-state index < -0.39 is 0 Å². The number of anilines is 1. The van der Waals surface area contributed by atoms with Crippen molar-refractivity contribution >= 4 is 40.8 Å². The van der Waals surface area contributed by atoms with Crippen LogP contribution in [0, 0.1) is 0 Å². The van der Waals surface area contributed by atoms with Crippen molar-refractivity contribution in [1.29, 1.82) is 0 Å². The van der Waals surface area contributed by atoms with Crippen LogP contribution in [0.5, 0.6) is 5.75 Å². The highest BCUT2D eigenvalue weighted by molar-refractivity contribution is 6.42. The molecule has 1 fully saturated rings. The average molecular weight is 538 g/mol. The van der Waals surface area contributed by atoms with Crippen molar-refractivity contribution in [2.24, 2.45) is 7.05 Å². The Bertz CT molecular complexity index is 1490. The van der Waals surface area contributed by atoms with Crippen molar-refractivity contribution in [3.8, 4) is 17.0 Å². The van der Waals surface area contributed by atoms with E-state index in [-0.39, 0.29) is 30.2 Å². The molecule has 0 bridgehead atoms. The highest BCUT2D eigenvalue weighted by atomic mass is 35.5. The lowest BCUT2D eigenvalue weighted by molar-refractivity contribution is 0.101. The topological polar surface area (TPSA) is 101 Å². The molecule has 8 nitrogen and oxygen atoms in total. The molecule has 0 saturated heterocycles. The number of phenolic OH excluding ortho intramolecular Hbond substituents is 1. The zero-order valence-electron chi connectivity index (χ0n) is 20.0. The van der Waals surface area contributed by atoms with Gasteiger partial charge in [0.15, 0.2) is 0 Å². The summed E-state index contributed by atoms with van der Waals surface area (Å²) in [6.07, 6.45) is 4.80. The third-order valence-corrected chi connectivity index (χ3v) is 7.33. The smallest absolute Gasteiger partial charge is 0.342 e. The number of nitrogens with one attached hydrogen (secondary N) is 2. The maximum Gasteiger partial charge on any atom is 0.342 e. The lowest BCUT2D eigenvalue weighted by Crippen LogP contribution is -2.31. The monoisotopic (exact) mass is 537 g/mol.